The van der Waals surface area contributed by atoms with Crippen molar-refractivity contribution in [2.75, 3.05) is 0 Å². The molecule has 2 rings (SSSR count). The summed E-state index contributed by atoms with van der Waals surface area (Å²) < 4.78 is 48.1. The van der Waals surface area contributed by atoms with Gasteiger partial charge in [-0.3, -0.25) is 0 Å². The molecule has 0 spiro atoms. The van der Waals surface area contributed by atoms with Crippen molar-refractivity contribution >= 4 is 27.0 Å². The van der Waals surface area contributed by atoms with Gasteiger partial charge in [0.25, 0.3) is 0 Å². The first-order valence-electron chi connectivity index (χ1n) is 7.45. The summed E-state index contributed by atoms with van der Waals surface area (Å²) in [7, 11) is -5.35. The summed E-state index contributed by atoms with van der Waals surface area (Å²) in [4.78, 5) is 0. The lowest BCUT2D eigenvalue weighted by molar-refractivity contribution is 0.556. The third-order valence-electron chi connectivity index (χ3n) is 3.86. The monoisotopic (exact) mass is 354 g/mol. The number of hydrogen-bond donors (Lipinski definition) is 0. The Kier molecular flexibility index (Phi) is 4.89. The van der Waals surface area contributed by atoms with Crippen molar-refractivity contribution in [3.8, 4) is 0 Å². The molecule has 1 nitrogen and oxygen atoms in total. The Balaban J connectivity index is 2.42. The first kappa shape index (κ1) is 18.0. The molecule has 0 heterocycles. The van der Waals surface area contributed by atoms with Gasteiger partial charge in [-0.15, -0.1) is 0 Å². The van der Waals surface area contributed by atoms with Gasteiger partial charge in [-0.05, 0) is 57.4 Å². The molecule has 0 N–H and O–H groups in total. The topological polar surface area (TPSA) is 9.23 Å². The summed E-state index contributed by atoms with van der Waals surface area (Å²) in [6.07, 6.45) is 0. The molecule has 0 atom stereocenters. The second-order valence-electron chi connectivity index (χ2n) is 6.73. The van der Waals surface area contributed by atoms with Crippen molar-refractivity contribution in [2.24, 2.45) is 0 Å². The lowest BCUT2D eigenvalue weighted by atomic mass is 10.2. The Morgan fingerprint density at radius 2 is 1.22 bits per heavy atom. The van der Waals surface area contributed by atoms with Crippen molar-refractivity contribution < 1.29 is 17.3 Å². The van der Waals surface area contributed by atoms with E-state index in [2.05, 4.69) is 0 Å². The smallest absolute Gasteiger partial charge is 0.209 e. The highest BCUT2D eigenvalue weighted by atomic mass is 28.4. The van der Waals surface area contributed by atoms with Crippen LogP contribution in [0.5, 0.6) is 0 Å². The molecule has 0 unspecified atom stereocenters. The fourth-order valence-corrected chi connectivity index (χ4v) is 11.2. The highest BCUT2D eigenvalue weighted by Crippen LogP contribution is 2.18. The predicted molar refractivity (Wildman–Crippen MR) is 92.8 cm³/mol. The minimum atomic E-state index is -2.73. The molecule has 0 aliphatic rings. The van der Waals surface area contributed by atoms with E-state index in [0.29, 0.717) is 5.19 Å². The lowest BCUT2D eigenvalue weighted by Crippen LogP contribution is -2.59. The van der Waals surface area contributed by atoms with E-state index >= 15 is 0 Å². The van der Waals surface area contributed by atoms with E-state index < -0.39 is 28.3 Å². The first-order valence-corrected chi connectivity index (χ1v) is 13.3. The number of rotatable bonds is 4. The van der Waals surface area contributed by atoms with Crippen LogP contribution in [-0.2, 0) is 4.12 Å². The van der Waals surface area contributed by atoms with Crippen molar-refractivity contribution in [3.63, 3.8) is 0 Å². The summed E-state index contributed by atoms with van der Waals surface area (Å²) in [5.41, 5.74) is 0.946. The normalized spacial score (nSPS) is 12.5. The van der Waals surface area contributed by atoms with E-state index in [1.807, 2.05) is 33.1 Å². The summed E-state index contributed by atoms with van der Waals surface area (Å²) >= 11 is 0. The molecule has 0 radical (unpaired) electrons. The Labute approximate surface area is 137 Å². The van der Waals surface area contributed by atoms with Crippen LogP contribution < -0.4 is 10.4 Å². The SMILES string of the molecule is Cc1ccc(F)c([Si](C)(C)O[Si](C)(C)c2cc(F)ccc2F)c1. The van der Waals surface area contributed by atoms with Gasteiger partial charge in [0, 0.05) is 10.4 Å². The van der Waals surface area contributed by atoms with E-state index in [9.17, 15) is 13.2 Å². The molecule has 6 heteroatoms. The minimum Gasteiger partial charge on any atom is -0.449 e. The third-order valence-corrected chi connectivity index (χ3v) is 11.3. The van der Waals surface area contributed by atoms with E-state index in [1.54, 1.807) is 12.1 Å². The lowest BCUT2D eigenvalue weighted by Gasteiger charge is -2.35. The van der Waals surface area contributed by atoms with Crippen LogP contribution >= 0.6 is 0 Å². The molecule has 0 bridgehead atoms. The zero-order valence-corrected chi connectivity index (χ0v) is 16.0. The highest BCUT2D eigenvalue weighted by molar-refractivity contribution is 6.96. The van der Waals surface area contributed by atoms with Gasteiger partial charge in [0.15, 0.2) is 0 Å². The molecular weight excluding hydrogens is 333 g/mol. The largest absolute Gasteiger partial charge is 0.449 e. The van der Waals surface area contributed by atoms with E-state index in [0.717, 1.165) is 17.7 Å². The molecule has 0 saturated carbocycles. The van der Waals surface area contributed by atoms with Crippen molar-refractivity contribution in [3.05, 3.63) is 59.4 Å². The van der Waals surface area contributed by atoms with Crippen LogP contribution in [0.15, 0.2) is 36.4 Å². The van der Waals surface area contributed by atoms with Crippen molar-refractivity contribution in [1.82, 2.24) is 0 Å². The molecule has 0 amide bonds. The van der Waals surface area contributed by atoms with Crippen LogP contribution in [0.4, 0.5) is 13.2 Å². The van der Waals surface area contributed by atoms with E-state index in [4.69, 9.17) is 4.12 Å². The van der Waals surface area contributed by atoms with E-state index in [1.165, 1.54) is 12.1 Å². The predicted octanol–water partition coefficient (Wildman–Crippen LogP) is 3.95. The molecule has 0 saturated heterocycles. The maximum Gasteiger partial charge on any atom is 0.209 e. The van der Waals surface area contributed by atoms with Gasteiger partial charge < -0.3 is 4.12 Å². The van der Waals surface area contributed by atoms with Gasteiger partial charge in [-0.25, -0.2) is 13.2 Å². The highest BCUT2D eigenvalue weighted by Gasteiger charge is 2.39. The van der Waals surface area contributed by atoms with Crippen LogP contribution in [0.2, 0.25) is 26.2 Å². The van der Waals surface area contributed by atoms with Crippen LogP contribution in [0.1, 0.15) is 5.56 Å². The van der Waals surface area contributed by atoms with Crippen molar-refractivity contribution in [2.45, 2.75) is 33.1 Å². The van der Waals surface area contributed by atoms with Crippen LogP contribution in [0, 0.1) is 24.4 Å². The maximum absolute atomic E-state index is 14.2. The van der Waals surface area contributed by atoms with Gasteiger partial charge in [-0.1, -0.05) is 17.7 Å². The third kappa shape index (κ3) is 3.94. The average Bonchev–Trinajstić information content (AvgIpc) is 2.42. The molecule has 23 heavy (non-hydrogen) atoms. The van der Waals surface area contributed by atoms with Gasteiger partial charge >= 0.3 is 0 Å². The molecule has 0 aliphatic heterocycles. The second-order valence-corrected chi connectivity index (χ2v) is 14.7. The minimum absolute atomic E-state index is 0.270. The van der Waals surface area contributed by atoms with Gasteiger partial charge in [0.1, 0.15) is 17.5 Å². The molecular formula is C17H21F3OSi2. The quantitative estimate of drug-likeness (QED) is 0.756. The molecule has 2 aromatic carbocycles. The molecule has 0 aliphatic carbocycles. The summed E-state index contributed by atoms with van der Waals surface area (Å²) in [6, 6.07) is 8.32. The van der Waals surface area contributed by atoms with Gasteiger partial charge in [0.2, 0.25) is 16.6 Å². The molecule has 2 aromatic rings. The average molecular weight is 355 g/mol. The van der Waals surface area contributed by atoms with Crippen LogP contribution in [0.25, 0.3) is 0 Å². The standard InChI is InChI=1S/C17H21F3OSi2/c1-12-6-8-14(19)16(10-12)22(2,3)21-23(4,5)17-11-13(18)7-9-15(17)20/h6-11H,1-5H3. The number of benzene rings is 2. The summed E-state index contributed by atoms with van der Waals surface area (Å²) in [5, 5.41) is 0.820. The molecule has 0 aromatic heterocycles. The molecule has 0 fully saturated rings. The van der Waals surface area contributed by atoms with Crippen LogP contribution in [-0.4, -0.2) is 16.6 Å². The Morgan fingerprint density at radius 1 is 0.739 bits per heavy atom. The Hall–Kier alpha value is -1.38. The van der Waals surface area contributed by atoms with Gasteiger partial charge in [0.05, 0.1) is 0 Å². The fraction of sp³-hybridized carbons (Fsp3) is 0.294. The fourth-order valence-electron chi connectivity index (χ4n) is 2.81. The zero-order valence-electron chi connectivity index (χ0n) is 14.0. The van der Waals surface area contributed by atoms with Gasteiger partial charge in [-0.2, -0.15) is 0 Å². The van der Waals surface area contributed by atoms with Crippen molar-refractivity contribution in [1.29, 1.82) is 0 Å². The van der Waals surface area contributed by atoms with E-state index in [-0.39, 0.29) is 11.0 Å². The summed E-state index contributed by atoms with van der Waals surface area (Å²) in [5.74, 6) is -1.28. The first-order chi connectivity index (χ1) is 10.5. The Morgan fingerprint density at radius 3 is 1.78 bits per heavy atom. The molecule has 124 valence electrons. The zero-order chi connectivity index (χ0) is 17.4. The number of hydrogen-bond acceptors (Lipinski definition) is 1. The Bertz CT molecular complexity index is 668. The summed E-state index contributed by atoms with van der Waals surface area (Å²) in [6.45, 7) is 9.29. The number of aryl methyl sites for hydroxylation is 1. The second kappa shape index (κ2) is 6.26. The number of halogens is 3. The van der Waals surface area contributed by atoms with Crippen LogP contribution in [0.3, 0.4) is 0 Å². The maximum atomic E-state index is 14.2.